The summed E-state index contributed by atoms with van der Waals surface area (Å²) in [5.74, 6) is -0.212. The van der Waals surface area contributed by atoms with Gasteiger partial charge in [-0.3, -0.25) is 0 Å². The number of sulfone groups is 1. The van der Waals surface area contributed by atoms with Crippen molar-refractivity contribution in [2.45, 2.75) is 5.16 Å². The van der Waals surface area contributed by atoms with E-state index in [4.69, 9.17) is 11.6 Å². The summed E-state index contributed by atoms with van der Waals surface area (Å²) >= 11 is 5.61. The van der Waals surface area contributed by atoms with E-state index in [0.717, 1.165) is 0 Å². The molecular formula is C8H7ClN4O2S. The van der Waals surface area contributed by atoms with E-state index >= 15 is 0 Å². The highest BCUT2D eigenvalue weighted by atomic mass is 35.5. The first-order chi connectivity index (χ1) is 7.53. The minimum absolute atomic E-state index is 0.141. The number of fused-ring (bicyclic) bond motifs is 1. The Balaban J connectivity index is 2.58. The van der Waals surface area contributed by atoms with Crippen LogP contribution in [0.25, 0.3) is 11.2 Å². The summed E-state index contributed by atoms with van der Waals surface area (Å²) in [7, 11) is -3.53. The maximum absolute atomic E-state index is 11.6. The van der Waals surface area contributed by atoms with Crippen molar-refractivity contribution in [3.63, 3.8) is 0 Å². The number of halogens is 1. The SMILES string of the molecule is C=CCS(=O)(=O)c1ncc2[nH]c(Cl)nc2n1. The lowest BCUT2D eigenvalue weighted by Crippen LogP contribution is -2.09. The quantitative estimate of drug-likeness (QED) is 0.503. The minimum atomic E-state index is -3.53. The molecule has 6 nitrogen and oxygen atoms in total. The van der Waals surface area contributed by atoms with Crippen LogP contribution in [-0.4, -0.2) is 34.1 Å². The molecule has 0 saturated heterocycles. The smallest absolute Gasteiger partial charge is 0.249 e. The topological polar surface area (TPSA) is 88.6 Å². The normalized spacial score (nSPS) is 11.8. The molecule has 8 heteroatoms. The highest BCUT2D eigenvalue weighted by Gasteiger charge is 2.17. The Bertz CT molecular complexity index is 649. The van der Waals surface area contributed by atoms with E-state index in [1.165, 1.54) is 12.3 Å². The molecule has 0 aliphatic rings. The average molecular weight is 259 g/mol. The number of hydrogen-bond donors (Lipinski definition) is 1. The number of hydrogen-bond acceptors (Lipinski definition) is 5. The van der Waals surface area contributed by atoms with Gasteiger partial charge in [0.05, 0.1) is 11.9 Å². The molecule has 0 bridgehead atoms. The maximum Gasteiger partial charge on any atom is 0.249 e. The molecule has 0 aliphatic carbocycles. The van der Waals surface area contributed by atoms with Crippen molar-refractivity contribution in [2.75, 3.05) is 5.75 Å². The fraction of sp³-hybridized carbons (Fsp3) is 0.125. The van der Waals surface area contributed by atoms with Gasteiger partial charge in [-0.25, -0.2) is 13.4 Å². The summed E-state index contributed by atoms with van der Waals surface area (Å²) in [6.07, 6.45) is 2.61. The Morgan fingerprint density at radius 3 is 2.94 bits per heavy atom. The van der Waals surface area contributed by atoms with Gasteiger partial charge in [0.15, 0.2) is 5.65 Å². The van der Waals surface area contributed by atoms with Crippen LogP contribution < -0.4 is 0 Å². The maximum atomic E-state index is 11.6. The van der Waals surface area contributed by atoms with Gasteiger partial charge >= 0.3 is 0 Å². The molecule has 0 saturated carbocycles. The number of nitrogens with one attached hydrogen (secondary N) is 1. The predicted octanol–water partition coefficient (Wildman–Crippen LogP) is 0.966. The molecule has 2 aromatic heterocycles. The number of aromatic amines is 1. The number of nitrogens with zero attached hydrogens (tertiary/aromatic N) is 3. The summed E-state index contributed by atoms with van der Waals surface area (Å²) in [4.78, 5) is 14.0. The molecular weight excluding hydrogens is 252 g/mol. The molecule has 0 fully saturated rings. The van der Waals surface area contributed by atoms with Gasteiger partial charge < -0.3 is 4.98 Å². The molecule has 84 valence electrons. The van der Waals surface area contributed by atoms with Gasteiger partial charge in [-0.15, -0.1) is 6.58 Å². The minimum Gasteiger partial charge on any atom is -0.326 e. The van der Waals surface area contributed by atoms with Crippen molar-refractivity contribution in [2.24, 2.45) is 0 Å². The van der Waals surface area contributed by atoms with Crippen molar-refractivity contribution in [3.05, 3.63) is 24.1 Å². The first-order valence-corrected chi connectivity index (χ1v) is 6.28. The third-order valence-electron chi connectivity index (χ3n) is 1.80. The Hall–Kier alpha value is -1.47. The lowest BCUT2D eigenvalue weighted by Gasteiger charge is -1.97. The van der Waals surface area contributed by atoms with Crippen molar-refractivity contribution in [1.29, 1.82) is 0 Å². The van der Waals surface area contributed by atoms with Crippen LogP contribution in [0.3, 0.4) is 0 Å². The third kappa shape index (κ3) is 1.91. The molecule has 2 aromatic rings. The van der Waals surface area contributed by atoms with Crippen LogP contribution in [0.2, 0.25) is 5.28 Å². The Morgan fingerprint density at radius 1 is 1.50 bits per heavy atom. The first kappa shape index (κ1) is 11.0. The van der Waals surface area contributed by atoms with Crippen LogP contribution in [0.15, 0.2) is 24.0 Å². The molecule has 0 aromatic carbocycles. The summed E-state index contributed by atoms with van der Waals surface area (Å²) in [6, 6.07) is 0. The van der Waals surface area contributed by atoms with E-state index in [9.17, 15) is 8.42 Å². The van der Waals surface area contributed by atoms with Crippen LogP contribution in [-0.2, 0) is 9.84 Å². The van der Waals surface area contributed by atoms with E-state index in [1.54, 1.807) is 0 Å². The van der Waals surface area contributed by atoms with E-state index < -0.39 is 9.84 Å². The van der Waals surface area contributed by atoms with Gasteiger partial charge in [-0.05, 0) is 11.6 Å². The second kappa shape index (κ2) is 3.84. The second-order valence-corrected chi connectivity index (χ2v) is 5.27. The standard InChI is InChI=1S/C8H7ClN4O2S/c1-2-3-16(14,15)8-10-4-5-6(13-8)12-7(9)11-5/h2,4H,1,3H2,(H,10,11,12,13). The lowest BCUT2D eigenvalue weighted by molar-refractivity contribution is 0.590. The molecule has 0 atom stereocenters. The van der Waals surface area contributed by atoms with Gasteiger partial charge in [-0.2, -0.15) is 9.97 Å². The third-order valence-corrected chi connectivity index (χ3v) is 3.41. The Labute approximate surface area is 96.3 Å². The summed E-state index contributed by atoms with van der Waals surface area (Å²) in [5.41, 5.74) is 0.713. The van der Waals surface area contributed by atoms with Crippen LogP contribution >= 0.6 is 11.6 Å². The molecule has 2 heterocycles. The number of aromatic nitrogens is 4. The van der Waals surface area contributed by atoms with Crippen molar-refractivity contribution in [1.82, 2.24) is 19.9 Å². The molecule has 0 radical (unpaired) electrons. The lowest BCUT2D eigenvalue weighted by atomic mass is 10.6. The Morgan fingerprint density at radius 2 is 2.25 bits per heavy atom. The highest BCUT2D eigenvalue weighted by molar-refractivity contribution is 7.91. The molecule has 0 unspecified atom stereocenters. The molecule has 0 aliphatic heterocycles. The van der Waals surface area contributed by atoms with Gasteiger partial charge in [-0.1, -0.05) is 6.08 Å². The number of imidazole rings is 1. The zero-order valence-corrected chi connectivity index (χ0v) is 9.59. The van der Waals surface area contributed by atoms with Gasteiger partial charge in [0.1, 0.15) is 5.52 Å². The van der Waals surface area contributed by atoms with E-state index in [-0.39, 0.29) is 21.8 Å². The number of H-pyrrole nitrogens is 1. The van der Waals surface area contributed by atoms with E-state index in [2.05, 4.69) is 26.5 Å². The molecule has 2 rings (SSSR count). The molecule has 1 N–H and O–H groups in total. The zero-order chi connectivity index (χ0) is 11.8. The van der Waals surface area contributed by atoms with Gasteiger partial charge in [0.25, 0.3) is 0 Å². The van der Waals surface area contributed by atoms with Gasteiger partial charge in [0, 0.05) is 0 Å². The van der Waals surface area contributed by atoms with Crippen LogP contribution in [0.1, 0.15) is 0 Å². The monoisotopic (exact) mass is 258 g/mol. The summed E-state index contributed by atoms with van der Waals surface area (Å²) < 4.78 is 23.2. The fourth-order valence-electron chi connectivity index (χ4n) is 1.14. The van der Waals surface area contributed by atoms with Crippen molar-refractivity contribution in [3.8, 4) is 0 Å². The zero-order valence-electron chi connectivity index (χ0n) is 8.01. The second-order valence-electron chi connectivity index (χ2n) is 2.99. The van der Waals surface area contributed by atoms with Crippen molar-refractivity contribution >= 4 is 32.6 Å². The largest absolute Gasteiger partial charge is 0.326 e. The summed E-state index contributed by atoms with van der Waals surface area (Å²) in [6.45, 7) is 3.36. The fourth-order valence-corrected chi connectivity index (χ4v) is 2.22. The Kier molecular flexibility index (Phi) is 2.64. The van der Waals surface area contributed by atoms with Crippen molar-refractivity contribution < 1.29 is 8.42 Å². The molecule has 0 spiro atoms. The molecule has 0 amide bonds. The van der Waals surface area contributed by atoms with E-state index in [0.29, 0.717) is 5.52 Å². The predicted molar refractivity (Wildman–Crippen MR) is 58.9 cm³/mol. The van der Waals surface area contributed by atoms with Crippen LogP contribution in [0, 0.1) is 0 Å². The van der Waals surface area contributed by atoms with Crippen LogP contribution in [0.4, 0.5) is 0 Å². The van der Waals surface area contributed by atoms with E-state index in [1.807, 2.05) is 0 Å². The average Bonchev–Trinajstić information content (AvgIpc) is 2.56. The molecule has 16 heavy (non-hydrogen) atoms. The van der Waals surface area contributed by atoms with Gasteiger partial charge in [0.2, 0.25) is 20.3 Å². The first-order valence-electron chi connectivity index (χ1n) is 4.25. The van der Waals surface area contributed by atoms with Crippen LogP contribution in [0.5, 0.6) is 0 Å². The highest BCUT2D eigenvalue weighted by Crippen LogP contribution is 2.13. The number of rotatable bonds is 3. The summed E-state index contributed by atoms with van der Waals surface area (Å²) in [5, 5.41) is -0.134.